The lowest BCUT2D eigenvalue weighted by atomic mass is 10.3. The maximum Gasteiger partial charge on any atom is 0.182 e. The second-order valence-corrected chi connectivity index (χ2v) is 4.65. The summed E-state index contributed by atoms with van der Waals surface area (Å²) in [4.78, 5) is 15.3. The van der Waals surface area contributed by atoms with Crippen LogP contribution < -0.4 is 10.2 Å². The first-order chi connectivity index (χ1) is 9.72. The van der Waals surface area contributed by atoms with Crippen molar-refractivity contribution in [2.75, 3.05) is 24.3 Å². The smallest absolute Gasteiger partial charge is 0.182 e. The molecule has 0 aliphatic heterocycles. The molecule has 0 fully saturated rings. The van der Waals surface area contributed by atoms with E-state index in [9.17, 15) is 0 Å². The second-order valence-electron chi connectivity index (χ2n) is 4.65. The molecule has 20 heavy (non-hydrogen) atoms. The van der Waals surface area contributed by atoms with E-state index in [4.69, 9.17) is 0 Å². The van der Waals surface area contributed by atoms with Gasteiger partial charge in [-0.3, -0.25) is 0 Å². The van der Waals surface area contributed by atoms with Crippen LogP contribution in [0.4, 0.5) is 17.3 Å². The van der Waals surface area contributed by atoms with Gasteiger partial charge in [-0.2, -0.15) is 0 Å². The topological polar surface area (TPSA) is 53.9 Å². The summed E-state index contributed by atoms with van der Waals surface area (Å²) in [6, 6.07) is 13.7. The van der Waals surface area contributed by atoms with Crippen molar-refractivity contribution in [1.29, 1.82) is 0 Å². The zero-order chi connectivity index (χ0) is 13.9. The van der Waals surface area contributed by atoms with Crippen LogP contribution in [0.2, 0.25) is 0 Å². The Hall–Kier alpha value is -2.69. The molecule has 1 aromatic carbocycles. The van der Waals surface area contributed by atoms with Gasteiger partial charge in [0.05, 0.1) is 6.20 Å². The third-order valence-electron chi connectivity index (χ3n) is 2.90. The van der Waals surface area contributed by atoms with Crippen molar-refractivity contribution in [3.8, 4) is 0 Å². The molecule has 100 valence electrons. The maximum absolute atomic E-state index is 4.50. The summed E-state index contributed by atoms with van der Waals surface area (Å²) >= 11 is 0. The van der Waals surface area contributed by atoms with E-state index in [1.165, 1.54) is 0 Å². The molecule has 0 amide bonds. The van der Waals surface area contributed by atoms with Crippen LogP contribution in [0.15, 0.2) is 48.7 Å². The number of benzene rings is 1. The van der Waals surface area contributed by atoms with E-state index in [2.05, 4.69) is 20.3 Å². The van der Waals surface area contributed by atoms with Crippen LogP contribution in [0.5, 0.6) is 0 Å². The average molecular weight is 265 g/mol. The third kappa shape index (κ3) is 2.51. The van der Waals surface area contributed by atoms with Crippen LogP contribution in [-0.2, 0) is 0 Å². The van der Waals surface area contributed by atoms with Crippen LogP contribution in [0, 0.1) is 0 Å². The Morgan fingerprint density at radius 1 is 0.950 bits per heavy atom. The molecule has 0 radical (unpaired) electrons. The summed E-state index contributed by atoms with van der Waals surface area (Å²) in [6.45, 7) is 0. The number of pyridine rings is 1. The minimum Gasteiger partial charge on any atom is -0.361 e. The average Bonchev–Trinajstić information content (AvgIpc) is 2.47. The summed E-state index contributed by atoms with van der Waals surface area (Å²) in [6.07, 6.45) is 1.74. The van der Waals surface area contributed by atoms with Gasteiger partial charge in [-0.05, 0) is 24.3 Å². The minimum absolute atomic E-state index is 0.636. The zero-order valence-electron chi connectivity index (χ0n) is 11.4. The van der Waals surface area contributed by atoms with Gasteiger partial charge in [0, 0.05) is 19.8 Å². The summed E-state index contributed by atoms with van der Waals surface area (Å²) in [5, 5.41) is 3.25. The van der Waals surface area contributed by atoms with Crippen LogP contribution >= 0.6 is 0 Å². The minimum atomic E-state index is 0.636. The number of hydrogen-bond acceptors (Lipinski definition) is 5. The van der Waals surface area contributed by atoms with E-state index >= 15 is 0 Å². The number of anilines is 3. The van der Waals surface area contributed by atoms with Gasteiger partial charge in [-0.25, -0.2) is 15.0 Å². The van der Waals surface area contributed by atoms with Crippen molar-refractivity contribution >= 4 is 28.5 Å². The molecular formula is C15H15N5. The van der Waals surface area contributed by atoms with Crippen LogP contribution in [-0.4, -0.2) is 29.0 Å². The normalized spacial score (nSPS) is 10.5. The first-order valence-electron chi connectivity index (χ1n) is 6.35. The van der Waals surface area contributed by atoms with Gasteiger partial charge < -0.3 is 10.2 Å². The molecule has 3 aromatic rings. The van der Waals surface area contributed by atoms with Crippen molar-refractivity contribution in [2.24, 2.45) is 0 Å². The Labute approximate surface area is 117 Å². The fourth-order valence-electron chi connectivity index (χ4n) is 1.84. The highest BCUT2D eigenvalue weighted by molar-refractivity contribution is 5.74. The molecule has 1 N–H and O–H groups in total. The van der Waals surface area contributed by atoms with E-state index < -0.39 is 0 Å². The van der Waals surface area contributed by atoms with Crippen molar-refractivity contribution < 1.29 is 0 Å². The Kier molecular flexibility index (Phi) is 3.16. The van der Waals surface area contributed by atoms with Gasteiger partial charge >= 0.3 is 0 Å². The van der Waals surface area contributed by atoms with Gasteiger partial charge in [0.2, 0.25) is 0 Å². The van der Waals surface area contributed by atoms with Crippen LogP contribution in [0.25, 0.3) is 11.2 Å². The highest BCUT2D eigenvalue weighted by Crippen LogP contribution is 2.18. The van der Waals surface area contributed by atoms with Crippen molar-refractivity contribution in [2.45, 2.75) is 0 Å². The standard InChI is InChI=1S/C15H15N5/c1-20(2)14-10-16-12-8-9-13(18-15(12)19-14)17-11-6-4-3-5-7-11/h3-10H,1-2H3,(H,17,18,19). The third-order valence-corrected chi connectivity index (χ3v) is 2.90. The Balaban J connectivity index is 1.96. The summed E-state index contributed by atoms with van der Waals surface area (Å²) in [5.41, 5.74) is 2.42. The van der Waals surface area contributed by atoms with Crippen molar-refractivity contribution in [1.82, 2.24) is 15.0 Å². The molecule has 0 bridgehead atoms. The summed E-state index contributed by atoms with van der Waals surface area (Å²) in [7, 11) is 3.86. The fraction of sp³-hybridized carbons (Fsp3) is 0.133. The molecule has 2 aromatic heterocycles. The number of para-hydroxylation sites is 1. The van der Waals surface area contributed by atoms with E-state index in [-0.39, 0.29) is 0 Å². The molecule has 3 rings (SSSR count). The Morgan fingerprint density at radius 3 is 2.50 bits per heavy atom. The Bertz CT molecular complexity index is 725. The number of nitrogens with one attached hydrogen (secondary N) is 1. The van der Waals surface area contributed by atoms with Crippen LogP contribution in [0.3, 0.4) is 0 Å². The molecule has 5 heteroatoms. The molecule has 0 spiro atoms. The lowest BCUT2D eigenvalue weighted by Crippen LogP contribution is -2.11. The lowest BCUT2D eigenvalue weighted by molar-refractivity contribution is 1.06. The van der Waals surface area contributed by atoms with Gasteiger partial charge in [0.15, 0.2) is 5.65 Å². The van der Waals surface area contributed by atoms with Gasteiger partial charge in [-0.1, -0.05) is 18.2 Å². The monoisotopic (exact) mass is 265 g/mol. The molecular weight excluding hydrogens is 250 g/mol. The first-order valence-corrected chi connectivity index (χ1v) is 6.35. The molecule has 0 atom stereocenters. The fourth-order valence-corrected chi connectivity index (χ4v) is 1.84. The number of rotatable bonds is 3. The lowest BCUT2D eigenvalue weighted by Gasteiger charge is -2.11. The van der Waals surface area contributed by atoms with Gasteiger partial charge in [-0.15, -0.1) is 0 Å². The zero-order valence-corrected chi connectivity index (χ0v) is 11.4. The first kappa shape index (κ1) is 12.3. The maximum atomic E-state index is 4.50. The predicted octanol–water partition coefficient (Wildman–Crippen LogP) is 2.83. The largest absolute Gasteiger partial charge is 0.361 e. The number of nitrogens with zero attached hydrogens (tertiary/aromatic N) is 4. The molecule has 5 nitrogen and oxygen atoms in total. The van der Waals surface area contributed by atoms with E-state index in [1.807, 2.05) is 61.5 Å². The molecule has 2 heterocycles. The molecule has 0 saturated heterocycles. The summed E-state index contributed by atoms with van der Waals surface area (Å²) < 4.78 is 0. The van der Waals surface area contributed by atoms with Crippen molar-refractivity contribution in [3.05, 3.63) is 48.7 Å². The molecule has 0 aliphatic rings. The van der Waals surface area contributed by atoms with Gasteiger partial charge in [0.25, 0.3) is 0 Å². The second kappa shape index (κ2) is 5.13. The van der Waals surface area contributed by atoms with Crippen LogP contribution in [0.1, 0.15) is 0 Å². The van der Waals surface area contributed by atoms with Crippen molar-refractivity contribution in [3.63, 3.8) is 0 Å². The number of hydrogen-bond donors (Lipinski definition) is 1. The van der Waals surface area contributed by atoms with Gasteiger partial charge in [0.1, 0.15) is 17.2 Å². The van der Waals surface area contributed by atoms with E-state index in [1.54, 1.807) is 6.20 Å². The quantitative estimate of drug-likeness (QED) is 0.789. The summed E-state index contributed by atoms with van der Waals surface area (Å²) in [5.74, 6) is 1.55. The Morgan fingerprint density at radius 2 is 1.75 bits per heavy atom. The molecule has 0 aliphatic carbocycles. The highest BCUT2D eigenvalue weighted by atomic mass is 15.2. The SMILES string of the molecule is CN(C)c1cnc2ccc(Nc3ccccc3)nc2n1. The molecule has 0 saturated carbocycles. The molecule has 0 unspecified atom stereocenters. The van der Waals surface area contributed by atoms with E-state index in [0.29, 0.717) is 5.65 Å². The van der Waals surface area contributed by atoms with E-state index in [0.717, 1.165) is 22.8 Å². The predicted molar refractivity (Wildman–Crippen MR) is 81.4 cm³/mol. The number of fused-ring (bicyclic) bond motifs is 1. The number of aromatic nitrogens is 3. The highest BCUT2D eigenvalue weighted by Gasteiger charge is 2.04.